The Labute approximate surface area is 132 Å². The summed E-state index contributed by atoms with van der Waals surface area (Å²) < 4.78 is 15.4. The molecule has 3 rings (SSSR count). The smallest absolute Gasteiger partial charge is 0.255 e. The quantitative estimate of drug-likeness (QED) is 0.828. The van der Waals surface area contributed by atoms with E-state index < -0.39 is 11.7 Å². The monoisotopic (exact) mass is 317 g/mol. The van der Waals surface area contributed by atoms with Gasteiger partial charge in [-0.05, 0) is 26.0 Å². The average molecular weight is 317 g/mol. The van der Waals surface area contributed by atoms with E-state index in [4.69, 9.17) is 0 Å². The van der Waals surface area contributed by atoms with Crippen LogP contribution in [0.25, 0.3) is 0 Å². The van der Waals surface area contributed by atoms with Crippen molar-refractivity contribution in [1.29, 1.82) is 0 Å². The molecule has 0 saturated heterocycles. The van der Waals surface area contributed by atoms with Crippen LogP contribution < -0.4 is 10.2 Å². The zero-order chi connectivity index (χ0) is 16.7. The lowest BCUT2D eigenvalue weighted by atomic mass is 10.0. The van der Waals surface area contributed by atoms with Crippen LogP contribution in [0.3, 0.4) is 0 Å². The number of halogens is 1. The maximum atomic E-state index is 13.8. The van der Waals surface area contributed by atoms with Crippen LogP contribution in [0.2, 0.25) is 0 Å². The Hall–Kier alpha value is -2.90. The van der Waals surface area contributed by atoms with Gasteiger partial charge >= 0.3 is 0 Å². The molecule has 8 heteroatoms. The van der Waals surface area contributed by atoms with Gasteiger partial charge in [0.15, 0.2) is 0 Å². The van der Waals surface area contributed by atoms with Crippen molar-refractivity contribution in [2.24, 2.45) is 0 Å². The van der Waals surface area contributed by atoms with Gasteiger partial charge in [0.05, 0.1) is 17.3 Å². The van der Waals surface area contributed by atoms with Crippen molar-refractivity contribution in [2.75, 3.05) is 17.3 Å². The average Bonchev–Trinajstić information content (AvgIpc) is 2.98. The van der Waals surface area contributed by atoms with Crippen molar-refractivity contribution in [2.45, 2.75) is 19.9 Å². The van der Waals surface area contributed by atoms with Gasteiger partial charge in [0, 0.05) is 18.8 Å². The van der Waals surface area contributed by atoms with E-state index in [0.717, 1.165) is 11.8 Å². The van der Waals surface area contributed by atoms with Crippen LogP contribution in [0.15, 0.2) is 35.8 Å². The van der Waals surface area contributed by atoms with Crippen LogP contribution in [-0.2, 0) is 4.79 Å². The Bertz CT molecular complexity index is 814. The third-order valence-corrected chi connectivity index (χ3v) is 3.98. The maximum absolute atomic E-state index is 13.8. The molecule has 0 unspecified atom stereocenters. The summed E-state index contributed by atoms with van der Waals surface area (Å²) in [6.07, 6.45) is 1.43. The molecule has 1 aromatic heterocycles. The number of allylic oxidation sites excluding steroid dienone is 1. The molecule has 1 amide bonds. The van der Waals surface area contributed by atoms with Gasteiger partial charge in [-0.2, -0.15) is 10.1 Å². The van der Waals surface area contributed by atoms with Gasteiger partial charge in [0.2, 0.25) is 5.95 Å². The van der Waals surface area contributed by atoms with Gasteiger partial charge < -0.3 is 15.3 Å². The minimum absolute atomic E-state index is 0.00680. The molecule has 1 aromatic carbocycles. The number of carbonyl (C=O) groups excluding carboxylic acids is 1. The van der Waals surface area contributed by atoms with Crippen LogP contribution >= 0.6 is 0 Å². The number of benzene rings is 1. The molecule has 0 spiro atoms. The van der Waals surface area contributed by atoms with E-state index in [0.29, 0.717) is 11.5 Å². The van der Waals surface area contributed by atoms with E-state index in [1.165, 1.54) is 18.5 Å². The van der Waals surface area contributed by atoms with Crippen LogP contribution in [0.5, 0.6) is 5.75 Å². The molecule has 1 atom stereocenters. The van der Waals surface area contributed by atoms with Crippen molar-refractivity contribution in [3.05, 3.63) is 41.6 Å². The third-order valence-electron chi connectivity index (χ3n) is 3.98. The first kappa shape index (κ1) is 15.0. The van der Waals surface area contributed by atoms with Gasteiger partial charge in [-0.1, -0.05) is 0 Å². The molecule has 2 heterocycles. The number of hydrogen-bond acceptors (Lipinski definition) is 5. The molecule has 1 aliphatic rings. The van der Waals surface area contributed by atoms with Gasteiger partial charge in [-0.15, -0.1) is 0 Å². The highest BCUT2D eigenvalue weighted by Gasteiger charge is 2.32. The lowest BCUT2D eigenvalue weighted by Gasteiger charge is -2.31. The number of carbonyl (C=O) groups is 1. The Morgan fingerprint density at radius 2 is 2.17 bits per heavy atom. The number of fused-ring (bicyclic) bond motifs is 1. The van der Waals surface area contributed by atoms with E-state index in [1.807, 2.05) is 6.92 Å². The highest BCUT2D eigenvalue weighted by atomic mass is 19.1. The van der Waals surface area contributed by atoms with Crippen molar-refractivity contribution in [1.82, 2.24) is 14.8 Å². The first-order valence-electron chi connectivity index (χ1n) is 7.04. The molecule has 2 N–H and O–H groups in total. The first-order chi connectivity index (χ1) is 10.9. The number of phenolic OH excluding ortho intramolecular Hbond substituents is 1. The van der Waals surface area contributed by atoms with Crippen molar-refractivity contribution in [3.8, 4) is 5.75 Å². The Morgan fingerprint density at radius 1 is 1.43 bits per heavy atom. The topological polar surface area (TPSA) is 83.3 Å². The summed E-state index contributed by atoms with van der Waals surface area (Å²) >= 11 is 0. The molecular weight excluding hydrogens is 301 g/mol. The van der Waals surface area contributed by atoms with E-state index >= 15 is 0 Å². The van der Waals surface area contributed by atoms with Crippen LogP contribution in [0.1, 0.15) is 19.9 Å². The van der Waals surface area contributed by atoms with Gasteiger partial charge in [-0.3, -0.25) is 4.79 Å². The molecule has 23 heavy (non-hydrogen) atoms. The highest BCUT2D eigenvalue weighted by molar-refractivity contribution is 6.05. The Morgan fingerprint density at radius 3 is 2.87 bits per heavy atom. The van der Waals surface area contributed by atoms with Crippen LogP contribution in [0, 0.1) is 5.82 Å². The molecule has 0 bridgehead atoms. The summed E-state index contributed by atoms with van der Waals surface area (Å²) in [4.78, 5) is 18.5. The Balaban J connectivity index is 1.94. The zero-order valence-corrected chi connectivity index (χ0v) is 12.9. The van der Waals surface area contributed by atoms with E-state index in [9.17, 15) is 14.3 Å². The number of nitrogens with zero attached hydrogens (tertiary/aromatic N) is 4. The molecule has 0 aliphatic carbocycles. The molecule has 7 nitrogen and oxygen atoms in total. The summed E-state index contributed by atoms with van der Waals surface area (Å²) in [5, 5.41) is 15.9. The number of aromatic nitrogens is 3. The predicted octanol–water partition coefficient (Wildman–Crippen LogP) is 2.05. The summed E-state index contributed by atoms with van der Waals surface area (Å²) in [5.74, 6) is -0.682. The molecule has 1 aliphatic heterocycles. The molecule has 120 valence electrons. The molecule has 0 fully saturated rings. The SMILES string of the molecule is CC1=C(C(=O)Nc2ccc(O)cc2F)[C@H](C)n2ncnc2N1C. The number of rotatable bonds is 2. The lowest BCUT2D eigenvalue weighted by Crippen LogP contribution is -2.34. The second-order valence-corrected chi connectivity index (χ2v) is 5.36. The van der Waals surface area contributed by atoms with E-state index in [-0.39, 0.29) is 17.5 Å². The number of hydrogen-bond donors (Lipinski definition) is 2. The predicted molar refractivity (Wildman–Crippen MR) is 82.5 cm³/mol. The number of aromatic hydroxyl groups is 1. The lowest BCUT2D eigenvalue weighted by molar-refractivity contribution is -0.113. The molecule has 0 saturated carbocycles. The zero-order valence-electron chi connectivity index (χ0n) is 12.9. The van der Waals surface area contributed by atoms with E-state index in [1.54, 1.807) is 23.6 Å². The van der Waals surface area contributed by atoms with Crippen molar-refractivity contribution >= 4 is 17.5 Å². The highest BCUT2D eigenvalue weighted by Crippen LogP contribution is 2.33. The number of nitrogens with one attached hydrogen (secondary N) is 1. The van der Waals surface area contributed by atoms with Crippen molar-refractivity contribution < 1.29 is 14.3 Å². The van der Waals surface area contributed by atoms with Gasteiger partial charge in [-0.25, -0.2) is 9.07 Å². The second kappa shape index (κ2) is 5.38. The number of anilines is 2. The second-order valence-electron chi connectivity index (χ2n) is 5.36. The number of phenols is 1. The van der Waals surface area contributed by atoms with Crippen LogP contribution in [-0.4, -0.2) is 32.8 Å². The fourth-order valence-corrected chi connectivity index (χ4v) is 2.66. The van der Waals surface area contributed by atoms with E-state index in [2.05, 4.69) is 15.4 Å². The fourth-order valence-electron chi connectivity index (χ4n) is 2.66. The first-order valence-corrected chi connectivity index (χ1v) is 7.04. The fraction of sp³-hybridized carbons (Fsp3) is 0.267. The summed E-state index contributed by atoms with van der Waals surface area (Å²) in [6, 6.07) is 3.24. The summed E-state index contributed by atoms with van der Waals surface area (Å²) in [5.41, 5.74) is 1.19. The van der Waals surface area contributed by atoms with Crippen LogP contribution in [0.4, 0.5) is 16.0 Å². The van der Waals surface area contributed by atoms with Gasteiger partial charge in [0.1, 0.15) is 17.9 Å². The summed E-state index contributed by atoms with van der Waals surface area (Å²) in [7, 11) is 1.79. The largest absolute Gasteiger partial charge is 0.508 e. The van der Waals surface area contributed by atoms with Gasteiger partial charge in [0.25, 0.3) is 5.91 Å². The minimum atomic E-state index is -0.699. The normalized spacial score (nSPS) is 17.2. The minimum Gasteiger partial charge on any atom is -0.508 e. The summed E-state index contributed by atoms with van der Waals surface area (Å²) in [6.45, 7) is 3.63. The molecule has 2 aromatic rings. The third kappa shape index (κ3) is 2.41. The maximum Gasteiger partial charge on any atom is 0.255 e. The standard InChI is InChI=1S/C15H16FN5O2/c1-8-13(9(2)21-15(20(8)3)17-7-18-21)14(23)19-12-5-4-10(22)6-11(12)16/h4-7,9,22H,1-3H3,(H,19,23)/t9-/m0/s1. The number of amides is 1. The molecule has 0 radical (unpaired) electrons. The molecular formula is C15H16FN5O2. The Kier molecular flexibility index (Phi) is 3.51. The van der Waals surface area contributed by atoms with Crippen molar-refractivity contribution in [3.63, 3.8) is 0 Å².